The van der Waals surface area contributed by atoms with Gasteiger partial charge in [-0.25, -0.2) is 0 Å². The Balaban J connectivity index is 2.53. The van der Waals surface area contributed by atoms with E-state index in [1.54, 1.807) is 6.07 Å². The third-order valence-corrected chi connectivity index (χ3v) is 3.05. The van der Waals surface area contributed by atoms with E-state index in [0.717, 1.165) is 4.88 Å². The molecule has 2 aromatic rings. The summed E-state index contributed by atoms with van der Waals surface area (Å²) in [6.07, 6.45) is 0. The Morgan fingerprint density at radius 3 is 2.87 bits per heavy atom. The molecular formula is C8H6ClN3OS2. The standard InChI is InChI=1S/C8H6ClN3OS2/c1-13-7-10-6(11-8(14)12-7)4-2-3-5(9)15-4/h2-3H,1H3,(H,10,11,12,14). The zero-order valence-corrected chi connectivity index (χ0v) is 10.0. The van der Waals surface area contributed by atoms with Crippen molar-refractivity contribution in [1.29, 1.82) is 0 Å². The number of rotatable bonds is 2. The predicted molar refractivity (Wildman–Crippen MR) is 62.1 cm³/mol. The minimum atomic E-state index is 0.241. The molecule has 0 amide bonds. The molecule has 0 atom stereocenters. The monoisotopic (exact) mass is 259 g/mol. The number of thiophene rings is 1. The van der Waals surface area contributed by atoms with Gasteiger partial charge in [-0.1, -0.05) is 11.6 Å². The van der Waals surface area contributed by atoms with Gasteiger partial charge in [-0.2, -0.15) is 9.97 Å². The summed E-state index contributed by atoms with van der Waals surface area (Å²) in [5, 5.41) is 0. The largest absolute Gasteiger partial charge is 0.468 e. The van der Waals surface area contributed by atoms with Crippen molar-refractivity contribution in [2.45, 2.75) is 0 Å². The van der Waals surface area contributed by atoms with Gasteiger partial charge in [0.1, 0.15) is 0 Å². The molecule has 0 fully saturated rings. The third-order valence-electron chi connectivity index (χ3n) is 1.63. The maximum atomic E-state index is 5.83. The zero-order valence-electron chi connectivity index (χ0n) is 7.65. The molecule has 7 heteroatoms. The van der Waals surface area contributed by atoms with E-state index in [0.29, 0.717) is 16.2 Å². The van der Waals surface area contributed by atoms with Gasteiger partial charge in [-0.05, 0) is 24.4 Å². The highest BCUT2D eigenvalue weighted by Gasteiger charge is 2.06. The fraction of sp³-hybridized carbons (Fsp3) is 0.125. The molecule has 0 aliphatic carbocycles. The molecular weight excluding hydrogens is 254 g/mol. The normalized spacial score (nSPS) is 10.3. The van der Waals surface area contributed by atoms with Crippen LogP contribution in [0.5, 0.6) is 6.01 Å². The number of aromatic amines is 1. The van der Waals surface area contributed by atoms with Crippen LogP contribution in [0.25, 0.3) is 10.7 Å². The SMILES string of the molecule is COc1nc(=S)nc(-c2ccc(Cl)s2)[nH]1. The summed E-state index contributed by atoms with van der Waals surface area (Å²) >= 11 is 12.1. The average molecular weight is 260 g/mol. The van der Waals surface area contributed by atoms with Gasteiger partial charge < -0.3 is 4.74 Å². The minimum absolute atomic E-state index is 0.241. The molecule has 0 aliphatic rings. The first-order valence-electron chi connectivity index (χ1n) is 3.97. The van der Waals surface area contributed by atoms with Crippen LogP contribution in [0.3, 0.4) is 0 Å². The fourth-order valence-electron chi connectivity index (χ4n) is 1.02. The summed E-state index contributed by atoms with van der Waals surface area (Å²) in [5.41, 5.74) is 0. The number of methoxy groups -OCH3 is 1. The summed E-state index contributed by atoms with van der Waals surface area (Å²) in [6.45, 7) is 0. The van der Waals surface area contributed by atoms with Crippen molar-refractivity contribution in [3.05, 3.63) is 21.2 Å². The maximum absolute atomic E-state index is 5.83. The second kappa shape index (κ2) is 4.26. The lowest BCUT2D eigenvalue weighted by atomic mass is 10.4. The maximum Gasteiger partial charge on any atom is 0.297 e. The van der Waals surface area contributed by atoms with Crippen LogP contribution in [0.15, 0.2) is 12.1 Å². The summed E-state index contributed by atoms with van der Waals surface area (Å²) in [5.74, 6) is 0.615. The molecule has 2 heterocycles. The Labute approximate surface area is 99.9 Å². The topological polar surface area (TPSA) is 50.8 Å². The number of aromatic nitrogens is 3. The van der Waals surface area contributed by atoms with Gasteiger partial charge in [0, 0.05) is 0 Å². The molecule has 0 aliphatic heterocycles. The average Bonchev–Trinajstić information content (AvgIpc) is 2.64. The van der Waals surface area contributed by atoms with E-state index in [1.807, 2.05) is 6.07 Å². The summed E-state index contributed by atoms with van der Waals surface area (Å²) in [4.78, 5) is 11.8. The highest BCUT2D eigenvalue weighted by molar-refractivity contribution is 7.71. The Kier molecular flexibility index (Phi) is 2.99. The molecule has 2 rings (SSSR count). The molecule has 0 saturated heterocycles. The van der Waals surface area contributed by atoms with Gasteiger partial charge in [0.25, 0.3) is 6.01 Å². The van der Waals surface area contributed by atoms with Crippen molar-refractivity contribution >= 4 is 35.2 Å². The molecule has 15 heavy (non-hydrogen) atoms. The smallest absolute Gasteiger partial charge is 0.297 e. The van der Waals surface area contributed by atoms with Crippen LogP contribution in [0, 0.1) is 4.77 Å². The first-order chi connectivity index (χ1) is 7.19. The van der Waals surface area contributed by atoms with E-state index in [9.17, 15) is 0 Å². The molecule has 0 unspecified atom stereocenters. The Hall–Kier alpha value is -0.980. The Morgan fingerprint density at radius 1 is 1.47 bits per heavy atom. The Bertz CT molecular complexity index is 537. The number of hydrogen-bond acceptors (Lipinski definition) is 5. The van der Waals surface area contributed by atoms with Gasteiger partial charge in [0.15, 0.2) is 5.82 Å². The second-order valence-corrected chi connectivity index (χ2v) is 4.67. The van der Waals surface area contributed by atoms with Gasteiger partial charge in [-0.15, -0.1) is 11.3 Å². The molecule has 0 aromatic carbocycles. The van der Waals surface area contributed by atoms with E-state index in [1.165, 1.54) is 18.4 Å². The summed E-state index contributed by atoms with van der Waals surface area (Å²) in [7, 11) is 1.51. The highest BCUT2D eigenvalue weighted by Crippen LogP contribution is 2.28. The van der Waals surface area contributed by atoms with Crippen LogP contribution in [0.2, 0.25) is 4.34 Å². The summed E-state index contributed by atoms with van der Waals surface area (Å²) < 4.78 is 5.90. The van der Waals surface area contributed by atoms with E-state index >= 15 is 0 Å². The lowest BCUT2D eigenvalue weighted by Gasteiger charge is -2.00. The Morgan fingerprint density at radius 2 is 2.27 bits per heavy atom. The van der Waals surface area contributed by atoms with Crippen molar-refractivity contribution in [2.24, 2.45) is 0 Å². The second-order valence-electron chi connectivity index (χ2n) is 2.59. The number of nitrogens with one attached hydrogen (secondary N) is 1. The zero-order chi connectivity index (χ0) is 10.8. The van der Waals surface area contributed by atoms with Crippen LogP contribution in [-0.2, 0) is 0 Å². The molecule has 1 N–H and O–H groups in total. The van der Waals surface area contributed by atoms with E-state index in [2.05, 4.69) is 15.0 Å². The van der Waals surface area contributed by atoms with E-state index in [-0.39, 0.29) is 4.77 Å². The van der Waals surface area contributed by atoms with Crippen molar-refractivity contribution in [3.63, 3.8) is 0 Å². The molecule has 0 spiro atoms. The van der Waals surface area contributed by atoms with Crippen LogP contribution >= 0.6 is 35.2 Å². The first-order valence-corrected chi connectivity index (χ1v) is 5.57. The van der Waals surface area contributed by atoms with Crippen LogP contribution in [0.4, 0.5) is 0 Å². The predicted octanol–water partition coefficient (Wildman–Crippen LogP) is 2.92. The minimum Gasteiger partial charge on any atom is -0.468 e. The number of hydrogen-bond donors (Lipinski definition) is 1. The first kappa shape index (κ1) is 10.5. The lowest BCUT2D eigenvalue weighted by molar-refractivity contribution is 0.378. The van der Waals surface area contributed by atoms with Gasteiger partial charge in [0.05, 0.1) is 16.3 Å². The molecule has 0 bridgehead atoms. The number of nitrogens with zero attached hydrogens (tertiary/aromatic N) is 2. The van der Waals surface area contributed by atoms with Gasteiger partial charge in [-0.3, -0.25) is 4.98 Å². The highest BCUT2D eigenvalue weighted by atomic mass is 35.5. The fourth-order valence-corrected chi connectivity index (χ4v) is 2.18. The van der Waals surface area contributed by atoms with E-state index < -0.39 is 0 Å². The van der Waals surface area contributed by atoms with E-state index in [4.69, 9.17) is 28.6 Å². The molecule has 4 nitrogen and oxygen atoms in total. The van der Waals surface area contributed by atoms with Crippen LogP contribution < -0.4 is 4.74 Å². The quantitative estimate of drug-likeness (QED) is 0.843. The van der Waals surface area contributed by atoms with Crippen LogP contribution in [0.1, 0.15) is 0 Å². The molecule has 0 saturated carbocycles. The van der Waals surface area contributed by atoms with Crippen LogP contribution in [-0.4, -0.2) is 22.1 Å². The van der Waals surface area contributed by atoms with Crippen molar-refractivity contribution in [2.75, 3.05) is 7.11 Å². The number of halogens is 1. The molecule has 2 aromatic heterocycles. The molecule has 78 valence electrons. The van der Waals surface area contributed by atoms with Crippen molar-refractivity contribution < 1.29 is 4.74 Å². The number of ether oxygens (including phenoxy) is 1. The lowest BCUT2D eigenvalue weighted by Crippen LogP contribution is -1.96. The third kappa shape index (κ3) is 2.34. The van der Waals surface area contributed by atoms with Crippen molar-refractivity contribution in [3.8, 4) is 16.7 Å². The van der Waals surface area contributed by atoms with Crippen molar-refractivity contribution in [1.82, 2.24) is 15.0 Å². The van der Waals surface area contributed by atoms with Gasteiger partial charge >= 0.3 is 0 Å². The number of H-pyrrole nitrogens is 1. The summed E-state index contributed by atoms with van der Waals surface area (Å²) in [6, 6.07) is 4.00. The van der Waals surface area contributed by atoms with Gasteiger partial charge in [0.2, 0.25) is 4.77 Å². The molecule has 0 radical (unpaired) electrons.